The molecule has 0 heterocycles. The first-order valence-electron chi connectivity index (χ1n) is 4.52. The fourth-order valence-corrected chi connectivity index (χ4v) is 0.943. The first-order valence-corrected chi connectivity index (χ1v) is 4.52. The summed E-state index contributed by atoms with van der Waals surface area (Å²) < 4.78 is 0. The van der Waals surface area contributed by atoms with E-state index in [-0.39, 0.29) is 25.9 Å². The Morgan fingerprint density at radius 3 is 2.33 bits per heavy atom. The van der Waals surface area contributed by atoms with E-state index in [0.29, 0.717) is 0 Å². The van der Waals surface area contributed by atoms with Gasteiger partial charge >= 0.3 is 11.9 Å². The van der Waals surface area contributed by atoms with Gasteiger partial charge in [0.2, 0.25) is 0 Å². The minimum absolute atomic E-state index is 0.110. The topological polar surface area (TPSA) is 133 Å². The van der Waals surface area contributed by atoms with Crippen LogP contribution in [0.15, 0.2) is 0 Å². The number of aliphatic hydroxyl groups excluding tert-OH is 1. The molecule has 0 saturated heterocycles. The fraction of sp³-hybridized carbons (Fsp3) is 0.750. The van der Waals surface area contributed by atoms with Crippen molar-refractivity contribution < 1.29 is 24.9 Å². The van der Waals surface area contributed by atoms with Gasteiger partial charge in [0.15, 0.2) is 0 Å². The number of hydrogen-bond donors (Lipinski definition) is 5. The molecule has 0 spiro atoms. The van der Waals surface area contributed by atoms with Crippen molar-refractivity contribution in [2.75, 3.05) is 13.1 Å². The number of rotatable bonds is 8. The zero-order valence-corrected chi connectivity index (χ0v) is 8.22. The van der Waals surface area contributed by atoms with Crippen LogP contribution in [0.3, 0.4) is 0 Å². The Hall–Kier alpha value is -1.18. The maximum Gasteiger partial charge on any atom is 0.320 e. The maximum atomic E-state index is 10.3. The van der Waals surface area contributed by atoms with E-state index in [0.717, 1.165) is 0 Å². The lowest BCUT2D eigenvalue weighted by molar-refractivity contribution is -0.139. The molecule has 0 saturated carbocycles. The van der Waals surface area contributed by atoms with Gasteiger partial charge in [-0.2, -0.15) is 0 Å². The highest BCUT2D eigenvalue weighted by molar-refractivity contribution is 5.72. The van der Waals surface area contributed by atoms with Crippen molar-refractivity contribution in [3.05, 3.63) is 0 Å². The quantitative estimate of drug-likeness (QED) is 0.326. The van der Waals surface area contributed by atoms with E-state index < -0.39 is 24.1 Å². The van der Waals surface area contributed by atoms with Gasteiger partial charge in [0.05, 0.1) is 12.6 Å². The Labute approximate surface area is 86.9 Å². The molecule has 2 atom stereocenters. The van der Waals surface area contributed by atoms with Crippen molar-refractivity contribution in [2.24, 2.45) is 5.73 Å². The first kappa shape index (κ1) is 13.8. The molecule has 15 heavy (non-hydrogen) atoms. The van der Waals surface area contributed by atoms with Gasteiger partial charge in [0, 0.05) is 6.54 Å². The highest BCUT2D eigenvalue weighted by atomic mass is 16.4. The Kier molecular flexibility index (Phi) is 6.59. The Bertz CT molecular complexity index is 221. The van der Waals surface area contributed by atoms with Crippen LogP contribution in [-0.4, -0.2) is 52.5 Å². The van der Waals surface area contributed by atoms with Gasteiger partial charge in [-0.1, -0.05) is 0 Å². The largest absolute Gasteiger partial charge is 0.480 e. The summed E-state index contributed by atoms with van der Waals surface area (Å²) in [6.45, 7) is -0.124. The van der Waals surface area contributed by atoms with Crippen LogP contribution >= 0.6 is 0 Å². The van der Waals surface area contributed by atoms with E-state index >= 15 is 0 Å². The minimum atomic E-state index is -1.11. The van der Waals surface area contributed by atoms with Crippen LogP contribution in [0.25, 0.3) is 0 Å². The first-order chi connectivity index (χ1) is 6.93. The third-order valence-corrected chi connectivity index (χ3v) is 1.78. The molecule has 6 N–H and O–H groups in total. The molecule has 0 aromatic carbocycles. The molecule has 0 rings (SSSR count). The lowest BCUT2D eigenvalue weighted by Crippen LogP contribution is -2.34. The number of nitrogens with one attached hydrogen (secondary N) is 1. The van der Waals surface area contributed by atoms with E-state index in [4.69, 9.17) is 15.9 Å². The van der Waals surface area contributed by atoms with Crippen molar-refractivity contribution in [2.45, 2.75) is 25.0 Å². The molecule has 88 valence electrons. The van der Waals surface area contributed by atoms with Crippen LogP contribution in [-0.2, 0) is 9.59 Å². The monoisotopic (exact) mass is 220 g/mol. The van der Waals surface area contributed by atoms with Gasteiger partial charge in [-0.15, -0.1) is 0 Å². The fourth-order valence-electron chi connectivity index (χ4n) is 0.943. The Balaban J connectivity index is 3.52. The van der Waals surface area contributed by atoms with E-state index in [1.807, 2.05) is 0 Å². The van der Waals surface area contributed by atoms with Gasteiger partial charge in [-0.25, -0.2) is 0 Å². The number of aliphatic carboxylic acids is 2. The molecule has 0 aliphatic rings. The second kappa shape index (κ2) is 7.16. The second-order valence-corrected chi connectivity index (χ2v) is 3.20. The zero-order chi connectivity index (χ0) is 11.8. The van der Waals surface area contributed by atoms with Crippen LogP contribution < -0.4 is 11.1 Å². The molecule has 7 heteroatoms. The molecule has 0 unspecified atom stereocenters. The summed E-state index contributed by atoms with van der Waals surface area (Å²) in [4.78, 5) is 20.4. The zero-order valence-electron chi connectivity index (χ0n) is 8.22. The number of carboxylic acids is 2. The van der Waals surface area contributed by atoms with Gasteiger partial charge in [-0.3, -0.25) is 9.59 Å². The predicted octanol–water partition coefficient (Wildman–Crippen LogP) is -1.79. The molecular weight excluding hydrogens is 204 g/mol. The SMILES string of the molecule is N[C@@H](CC[C@H](O)CNCC(=O)O)C(=O)O. The third-order valence-electron chi connectivity index (χ3n) is 1.78. The summed E-state index contributed by atoms with van der Waals surface area (Å²) in [5, 5.41) is 28.5. The van der Waals surface area contributed by atoms with Crippen LogP contribution in [0, 0.1) is 0 Å². The van der Waals surface area contributed by atoms with E-state index in [9.17, 15) is 14.7 Å². The Morgan fingerprint density at radius 1 is 1.27 bits per heavy atom. The van der Waals surface area contributed by atoms with Crippen molar-refractivity contribution in [3.8, 4) is 0 Å². The number of carboxylic acid groups (broad SMARTS) is 2. The number of carbonyl (C=O) groups is 2. The lowest BCUT2D eigenvalue weighted by Gasteiger charge is -2.12. The second-order valence-electron chi connectivity index (χ2n) is 3.20. The van der Waals surface area contributed by atoms with Gasteiger partial charge in [-0.05, 0) is 12.8 Å². The molecule has 0 bridgehead atoms. The number of hydrogen-bond acceptors (Lipinski definition) is 5. The molecule has 0 aliphatic heterocycles. The van der Waals surface area contributed by atoms with Crippen LogP contribution in [0.2, 0.25) is 0 Å². The van der Waals surface area contributed by atoms with Gasteiger partial charge in [0.25, 0.3) is 0 Å². The summed E-state index contributed by atoms with van der Waals surface area (Å²) in [6, 6.07) is -0.987. The van der Waals surface area contributed by atoms with Gasteiger partial charge < -0.3 is 26.4 Å². The molecule has 0 aromatic rings. The van der Waals surface area contributed by atoms with E-state index in [2.05, 4.69) is 5.32 Å². The number of nitrogens with two attached hydrogens (primary N) is 1. The van der Waals surface area contributed by atoms with E-state index in [1.54, 1.807) is 0 Å². The average Bonchev–Trinajstić information content (AvgIpc) is 2.13. The average molecular weight is 220 g/mol. The maximum absolute atomic E-state index is 10.3. The Morgan fingerprint density at radius 2 is 1.87 bits per heavy atom. The van der Waals surface area contributed by atoms with Gasteiger partial charge in [0.1, 0.15) is 6.04 Å². The third kappa shape index (κ3) is 7.86. The van der Waals surface area contributed by atoms with Crippen molar-refractivity contribution >= 4 is 11.9 Å². The molecule has 0 aliphatic carbocycles. The normalized spacial score (nSPS) is 14.5. The van der Waals surface area contributed by atoms with Crippen molar-refractivity contribution in [1.82, 2.24) is 5.32 Å². The summed E-state index contributed by atoms with van der Waals surface area (Å²) in [5.74, 6) is -2.12. The summed E-state index contributed by atoms with van der Waals surface area (Å²) in [6.07, 6.45) is -0.402. The van der Waals surface area contributed by atoms with Crippen molar-refractivity contribution in [3.63, 3.8) is 0 Å². The molecular formula is C8H16N2O5. The summed E-state index contributed by atoms with van der Waals surface area (Å²) in [7, 11) is 0. The predicted molar refractivity (Wildman–Crippen MR) is 51.4 cm³/mol. The summed E-state index contributed by atoms with van der Waals surface area (Å²) in [5.41, 5.74) is 5.22. The van der Waals surface area contributed by atoms with Crippen molar-refractivity contribution in [1.29, 1.82) is 0 Å². The van der Waals surface area contributed by atoms with Crippen LogP contribution in [0.4, 0.5) is 0 Å². The summed E-state index contributed by atoms with van der Waals surface area (Å²) >= 11 is 0. The molecule has 0 amide bonds. The van der Waals surface area contributed by atoms with Crippen LogP contribution in [0.1, 0.15) is 12.8 Å². The molecule has 0 aromatic heterocycles. The van der Waals surface area contributed by atoms with Crippen LogP contribution in [0.5, 0.6) is 0 Å². The minimum Gasteiger partial charge on any atom is -0.480 e. The highest BCUT2D eigenvalue weighted by Gasteiger charge is 2.13. The van der Waals surface area contributed by atoms with E-state index in [1.165, 1.54) is 0 Å². The smallest absolute Gasteiger partial charge is 0.320 e. The standard InChI is InChI=1S/C8H16N2O5/c9-6(8(14)15)2-1-5(11)3-10-4-7(12)13/h5-6,10-11H,1-4,9H2,(H,12,13)(H,14,15)/t5-,6-/m0/s1. The molecule has 0 fully saturated rings. The number of aliphatic hydroxyl groups is 1. The molecule has 7 nitrogen and oxygen atoms in total. The highest BCUT2D eigenvalue weighted by Crippen LogP contribution is 1.99. The molecule has 0 radical (unpaired) electrons. The lowest BCUT2D eigenvalue weighted by atomic mass is 10.1.